The van der Waals surface area contributed by atoms with Crippen molar-refractivity contribution in [2.75, 3.05) is 25.1 Å². The van der Waals surface area contributed by atoms with E-state index in [0.29, 0.717) is 16.9 Å². The van der Waals surface area contributed by atoms with E-state index in [9.17, 15) is 10.5 Å². The summed E-state index contributed by atoms with van der Waals surface area (Å²) in [6.07, 6.45) is 12.4. The van der Waals surface area contributed by atoms with E-state index in [1.807, 2.05) is 38.2 Å². The Bertz CT molecular complexity index is 1050. The van der Waals surface area contributed by atoms with Crippen LogP contribution in [0.15, 0.2) is 58.9 Å². The smallest absolute Gasteiger partial charge is 0.152 e. The fraction of sp³-hybridized carbons (Fsp3) is 0.448. The number of nitrogens with zero attached hydrogens (tertiary/aromatic N) is 3. The molecule has 1 aliphatic rings. The zero-order valence-corrected chi connectivity index (χ0v) is 21.4. The minimum atomic E-state index is -0.678. The van der Waals surface area contributed by atoms with E-state index in [1.165, 1.54) is 31.4 Å². The molecule has 0 bridgehead atoms. The molecule has 0 aliphatic carbocycles. The maximum atomic E-state index is 9.66. The molecule has 5 heteroatoms. The summed E-state index contributed by atoms with van der Waals surface area (Å²) in [6, 6.07) is 10.6. The van der Waals surface area contributed by atoms with Crippen LogP contribution in [0.5, 0.6) is 5.75 Å². The van der Waals surface area contributed by atoms with Crippen LogP contribution >= 0.6 is 0 Å². The molecule has 1 aromatic rings. The number of allylic oxidation sites excluding steroid dienone is 4. The quantitative estimate of drug-likeness (QED) is 0.261. The van der Waals surface area contributed by atoms with Gasteiger partial charge in [-0.05, 0) is 45.7 Å². The van der Waals surface area contributed by atoms with Crippen LogP contribution in [0.4, 0.5) is 5.69 Å². The highest BCUT2D eigenvalue weighted by Gasteiger charge is 2.37. The van der Waals surface area contributed by atoms with Gasteiger partial charge >= 0.3 is 0 Å². The van der Waals surface area contributed by atoms with E-state index in [4.69, 9.17) is 9.47 Å². The predicted molar refractivity (Wildman–Crippen MR) is 139 cm³/mol. The largest absolute Gasteiger partial charge is 0.496 e. The van der Waals surface area contributed by atoms with Crippen molar-refractivity contribution in [2.24, 2.45) is 0 Å². The molecule has 1 aromatic carbocycles. The van der Waals surface area contributed by atoms with Gasteiger partial charge < -0.3 is 14.4 Å². The Morgan fingerprint density at radius 2 is 1.74 bits per heavy atom. The van der Waals surface area contributed by atoms with Crippen molar-refractivity contribution in [3.63, 3.8) is 0 Å². The van der Waals surface area contributed by atoms with E-state index in [1.54, 1.807) is 14.0 Å². The normalized spacial score (nSPS) is 16.5. The van der Waals surface area contributed by atoms with Gasteiger partial charge in [-0.3, -0.25) is 0 Å². The van der Waals surface area contributed by atoms with Crippen LogP contribution in [0.25, 0.3) is 6.08 Å². The lowest BCUT2D eigenvalue weighted by molar-refractivity contribution is 0.0948. The number of hydrogen-bond donors (Lipinski definition) is 0. The van der Waals surface area contributed by atoms with E-state index < -0.39 is 5.60 Å². The highest BCUT2D eigenvalue weighted by molar-refractivity contribution is 5.65. The molecule has 0 saturated carbocycles. The first-order chi connectivity index (χ1) is 16.3. The lowest BCUT2D eigenvalue weighted by Gasteiger charge is -2.25. The van der Waals surface area contributed by atoms with Gasteiger partial charge in [0.15, 0.2) is 5.76 Å². The molecule has 0 atom stereocenters. The Hall–Kier alpha value is -3.44. The van der Waals surface area contributed by atoms with Gasteiger partial charge in [-0.25, -0.2) is 0 Å². The number of ether oxygens (including phenoxy) is 2. The third-order valence-electron chi connectivity index (χ3n) is 5.92. The molecule has 0 N–H and O–H groups in total. The van der Waals surface area contributed by atoms with Crippen molar-refractivity contribution in [3.8, 4) is 17.9 Å². The Kier molecular flexibility index (Phi) is 10.0. The molecule has 0 aromatic heterocycles. The lowest BCUT2D eigenvalue weighted by atomic mass is 9.94. The highest BCUT2D eigenvalue weighted by atomic mass is 16.5. The SMILES string of the molecule is CCCCN(CCCC)c1ccc(/C=C/C=C/C2=C(C#N)C(=C(/C)C#N)/OC2(C)C)c(OC)c1. The zero-order chi connectivity index (χ0) is 25.1. The van der Waals surface area contributed by atoms with Crippen LogP contribution in [-0.2, 0) is 4.74 Å². The average molecular weight is 460 g/mol. The summed E-state index contributed by atoms with van der Waals surface area (Å²) < 4.78 is 11.6. The number of anilines is 1. The Morgan fingerprint density at radius 1 is 1.09 bits per heavy atom. The fourth-order valence-electron chi connectivity index (χ4n) is 3.91. The van der Waals surface area contributed by atoms with Crippen LogP contribution in [0.3, 0.4) is 0 Å². The van der Waals surface area contributed by atoms with Gasteiger partial charge in [0.05, 0.1) is 18.8 Å². The first kappa shape index (κ1) is 26.8. The summed E-state index contributed by atoms with van der Waals surface area (Å²) in [6.45, 7) is 12.0. The van der Waals surface area contributed by atoms with Gasteiger partial charge in [0.2, 0.25) is 0 Å². The van der Waals surface area contributed by atoms with Crippen molar-refractivity contribution < 1.29 is 9.47 Å². The maximum Gasteiger partial charge on any atom is 0.152 e. The molecule has 2 rings (SSSR count). The van der Waals surface area contributed by atoms with E-state index in [-0.39, 0.29) is 0 Å². The summed E-state index contributed by atoms with van der Waals surface area (Å²) in [7, 11) is 1.70. The van der Waals surface area contributed by atoms with Gasteiger partial charge in [-0.1, -0.05) is 51.0 Å². The number of rotatable bonds is 11. The van der Waals surface area contributed by atoms with Crippen LogP contribution in [-0.4, -0.2) is 25.8 Å². The minimum Gasteiger partial charge on any atom is -0.496 e. The Balaban J connectivity index is 2.28. The van der Waals surface area contributed by atoms with Crippen LogP contribution < -0.4 is 9.64 Å². The minimum absolute atomic E-state index is 0.367. The van der Waals surface area contributed by atoms with Crippen molar-refractivity contribution in [2.45, 2.75) is 65.9 Å². The molecule has 0 spiro atoms. The third kappa shape index (κ3) is 6.55. The third-order valence-corrected chi connectivity index (χ3v) is 5.92. The monoisotopic (exact) mass is 459 g/mol. The van der Waals surface area contributed by atoms with E-state index in [0.717, 1.165) is 30.0 Å². The van der Waals surface area contributed by atoms with Crippen LogP contribution in [0, 0.1) is 22.7 Å². The van der Waals surface area contributed by atoms with E-state index in [2.05, 4.69) is 49.1 Å². The number of benzene rings is 1. The molecule has 0 saturated heterocycles. The summed E-state index contributed by atoms with van der Waals surface area (Å²) in [5.74, 6) is 1.20. The summed E-state index contributed by atoms with van der Waals surface area (Å²) in [5.41, 5.74) is 3.07. The van der Waals surface area contributed by atoms with Crippen molar-refractivity contribution >= 4 is 11.8 Å². The van der Waals surface area contributed by atoms with Crippen molar-refractivity contribution in [3.05, 3.63) is 64.5 Å². The Morgan fingerprint density at radius 3 is 2.29 bits per heavy atom. The highest BCUT2D eigenvalue weighted by Crippen LogP contribution is 2.40. The molecule has 5 nitrogen and oxygen atoms in total. The van der Waals surface area contributed by atoms with Crippen LogP contribution in [0.1, 0.15) is 65.9 Å². The topological polar surface area (TPSA) is 69.3 Å². The number of nitriles is 2. The molecule has 0 unspecified atom stereocenters. The van der Waals surface area contributed by atoms with Gasteiger partial charge in [-0.15, -0.1) is 0 Å². The second kappa shape index (κ2) is 12.7. The first-order valence-corrected chi connectivity index (χ1v) is 12.1. The van der Waals surface area contributed by atoms with Gasteiger partial charge in [0.25, 0.3) is 0 Å². The van der Waals surface area contributed by atoms with E-state index >= 15 is 0 Å². The van der Waals surface area contributed by atoms with Crippen molar-refractivity contribution in [1.82, 2.24) is 0 Å². The molecule has 0 fully saturated rings. The molecule has 1 aliphatic heterocycles. The molecule has 1 heterocycles. The fourth-order valence-corrected chi connectivity index (χ4v) is 3.91. The average Bonchev–Trinajstić information content (AvgIpc) is 3.10. The second-order valence-electron chi connectivity index (χ2n) is 8.92. The summed E-state index contributed by atoms with van der Waals surface area (Å²) in [5, 5.41) is 18.9. The van der Waals surface area contributed by atoms with Crippen molar-refractivity contribution in [1.29, 1.82) is 10.5 Å². The second-order valence-corrected chi connectivity index (χ2v) is 8.92. The Labute approximate surface area is 205 Å². The molecule has 0 radical (unpaired) electrons. The molecular formula is C29H37N3O2. The van der Waals surface area contributed by atoms with Crippen LogP contribution in [0.2, 0.25) is 0 Å². The summed E-state index contributed by atoms with van der Waals surface area (Å²) in [4.78, 5) is 2.44. The molecule has 180 valence electrons. The predicted octanol–water partition coefficient (Wildman–Crippen LogP) is 7.10. The number of hydrogen-bond acceptors (Lipinski definition) is 5. The number of methoxy groups -OCH3 is 1. The standard InChI is InChI=1S/C29H37N3O2/c1-7-9-17-32(18-10-8-2)24-16-15-23(27(19-24)33-6)13-11-12-14-26-25(21-31)28(22(3)20-30)34-29(26,4)5/h11-16,19H,7-10,17-18H2,1-6H3/b13-11+,14-12+,28-22+. The van der Waals surface area contributed by atoms with Gasteiger partial charge in [-0.2, -0.15) is 10.5 Å². The first-order valence-electron chi connectivity index (χ1n) is 12.1. The lowest BCUT2D eigenvalue weighted by Crippen LogP contribution is -2.25. The molecular weight excluding hydrogens is 422 g/mol. The number of unbranched alkanes of at least 4 members (excludes halogenated alkanes) is 2. The maximum absolute atomic E-state index is 9.66. The van der Waals surface area contributed by atoms with Gasteiger partial charge in [0.1, 0.15) is 23.0 Å². The summed E-state index contributed by atoms with van der Waals surface area (Å²) >= 11 is 0. The zero-order valence-electron chi connectivity index (χ0n) is 21.4. The molecule has 0 amide bonds. The molecule has 34 heavy (non-hydrogen) atoms. The van der Waals surface area contributed by atoms with Gasteiger partial charge in [0, 0.05) is 36.0 Å².